The van der Waals surface area contributed by atoms with Crippen LogP contribution in [-0.4, -0.2) is 58.1 Å². The van der Waals surface area contributed by atoms with Gasteiger partial charge in [-0.15, -0.1) is 0 Å². The molecule has 0 spiro atoms. The van der Waals surface area contributed by atoms with E-state index in [1.807, 2.05) is 37.3 Å². The molecule has 2 aromatic carbocycles. The van der Waals surface area contributed by atoms with E-state index in [4.69, 9.17) is 9.47 Å². The van der Waals surface area contributed by atoms with Gasteiger partial charge >= 0.3 is 0 Å². The van der Waals surface area contributed by atoms with Gasteiger partial charge in [0, 0.05) is 4.47 Å². The molecule has 1 fully saturated rings. The molecule has 0 aromatic heterocycles. The van der Waals surface area contributed by atoms with Gasteiger partial charge in [-0.3, -0.25) is 0 Å². The maximum atomic E-state index is 10.7. The van der Waals surface area contributed by atoms with E-state index in [1.165, 1.54) is 5.56 Å². The molecule has 5 unspecified atom stereocenters. The van der Waals surface area contributed by atoms with Crippen LogP contribution in [0.3, 0.4) is 0 Å². The number of halogens is 1. The Morgan fingerprint density at radius 3 is 2.42 bits per heavy atom. The van der Waals surface area contributed by atoms with E-state index in [1.54, 1.807) is 0 Å². The molecule has 1 aliphatic heterocycles. The second kappa shape index (κ2) is 9.57. The minimum atomic E-state index is -1.38. The molecule has 31 heavy (non-hydrogen) atoms. The normalized spacial score (nSPS) is 27.9. The number of hydrogen-bond donors (Lipinski definition) is 4. The Balaban J connectivity index is 1.70. The zero-order valence-electron chi connectivity index (χ0n) is 17.5. The lowest BCUT2D eigenvalue weighted by molar-refractivity contribution is -0.231. The Hall–Kier alpha value is -1.48. The van der Waals surface area contributed by atoms with Crippen LogP contribution in [0.4, 0.5) is 0 Å². The summed E-state index contributed by atoms with van der Waals surface area (Å²) in [5.41, 5.74) is 5.34. The Kier molecular flexibility index (Phi) is 7.01. The first kappa shape index (κ1) is 22.7. The first-order valence-electron chi connectivity index (χ1n) is 10.8. The maximum absolute atomic E-state index is 10.7. The van der Waals surface area contributed by atoms with Crippen molar-refractivity contribution in [1.29, 1.82) is 0 Å². The smallest absolute Gasteiger partial charge is 0.119 e. The average molecular weight is 493 g/mol. The Morgan fingerprint density at radius 2 is 1.74 bits per heavy atom. The fraction of sp³-hybridized carbons (Fsp3) is 0.500. The monoisotopic (exact) mass is 492 g/mol. The topological polar surface area (TPSA) is 99.4 Å². The Bertz CT molecular complexity index is 913. The van der Waals surface area contributed by atoms with Gasteiger partial charge in [0.15, 0.2) is 0 Å². The molecule has 0 amide bonds. The van der Waals surface area contributed by atoms with E-state index in [-0.39, 0.29) is 0 Å². The first-order valence-corrected chi connectivity index (χ1v) is 11.6. The molecule has 4 N–H and O–H groups in total. The third-order valence-electron chi connectivity index (χ3n) is 6.27. The van der Waals surface area contributed by atoms with Crippen LogP contribution >= 0.6 is 15.9 Å². The Morgan fingerprint density at radius 1 is 1.03 bits per heavy atom. The third-order valence-corrected chi connectivity index (χ3v) is 7.26. The minimum absolute atomic E-state index is 0.431. The number of aliphatic hydroxyl groups is 4. The van der Waals surface area contributed by atoms with Crippen LogP contribution in [0.25, 0.3) is 0 Å². The van der Waals surface area contributed by atoms with Gasteiger partial charge in [-0.05, 0) is 72.6 Å². The second-order valence-electron chi connectivity index (χ2n) is 8.25. The summed E-state index contributed by atoms with van der Waals surface area (Å²) in [6.45, 7) is 2.15. The van der Waals surface area contributed by atoms with E-state index < -0.39 is 37.1 Å². The molecular formula is C24H29BrO6. The number of benzene rings is 2. The number of fused-ring (bicyclic) bond motifs is 1. The van der Waals surface area contributed by atoms with Crippen molar-refractivity contribution in [3.05, 3.63) is 62.6 Å². The molecule has 2 aliphatic rings. The summed E-state index contributed by atoms with van der Waals surface area (Å²) in [5, 5.41) is 40.7. The quantitative estimate of drug-likeness (QED) is 0.494. The highest BCUT2D eigenvalue weighted by Crippen LogP contribution is 2.42. The summed E-state index contributed by atoms with van der Waals surface area (Å²) in [4.78, 5) is 0. The van der Waals surface area contributed by atoms with E-state index in [2.05, 4.69) is 15.9 Å². The van der Waals surface area contributed by atoms with Crippen molar-refractivity contribution in [1.82, 2.24) is 0 Å². The fourth-order valence-electron chi connectivity index (χ4n) is 4.67. The van der Waals surface area contributed by atoms with Gasteiger partial charge in [-0.2, -0.15) is 0 Å². The minimum Gasteiger partial charge on any atom is -0.494 e. The summed E-state index contributed by atoms with van der Waals surface area (Å²) < 4.78 is 12.5. The van der Waals surface area contributed by atoms with Gasteiger partial charge in [0.25, 0.3) is 0 Å². The summed E-state index contributed by atoms with van der Waals surface area (Å²) >= 11 is 3.79. The van der Waals surface area contributed by atoms with E-state index in [9.17, 15) is 20.4 Å². The van der Waals surface area contributed by atoms with Crippen LogP contribution < -0.4 is 4.74 Å². The number of rotatable bonds is 6. The molecule has 6 nitrogen and oxygen atoms in total. The van der Waals surface area contributed by atoms with Gasteiger partial charge < -0.3 is 29.9 Å². The number of aliphatic hydroxyl groups excluding tert-OH is 4. The fourth-order valence-corrected chi connectivity index (χ4v) is 5.36. The lowest BCUT2D eigenvalue weighted by Gasteiger charge is -2.41. The molecule has 0 radical (unpaired) electrons. The first-order chi connectivity index (χ1) is 14.9. The van der Waals surface area contributed by atoms with Gasteiger partial charge in [0.1, 0.15) is 36.3 Å². The van der Waals surface area contributed by atoms with Gasteiger partial charge in [-0.1, -0.05) is 34.1 Å². The molecule has 0 saturated carbocycles. The van der Waals surface area contributed by atoms with Gasteiger partial charge in [0.2, 0.25) is 0 Å². The molecule has 2 aromatic rings. The summed E-state index contributed by atoms with van der Waals surface area (Å²) in [6.07, 6.45) is -2.27. The lowest BCUT2D eigenvalue weighted by Crippen LogP contribution is -2.55. The molecule has 1 heterocycles. The zero-order valence-corrected chi connectivity index (χ0v) is 19.1. The Labute approximate surface area is 190 Å². The van der Waals surface area contributed by atoms with Crippen LogP contribution in [-0.2, 0) is 24.0 Å². The van der Waals surface area contributed by atoms with Crippen LogP contribution in [0, 0.1) is 0 Å². The predicted molar refractivity (Wildman–Crippen MR) is 119 cm³/mol. The number of ether oxygens (including phenoxy) is 2. The average Bonchev–Trinajstić information content (AvgIpc) is 3.27. The highest BCUT2D eigenvalue weighted by Gasteiger charge is 2.45. The van der Waals surface area contributed by atoms with Crippen molar-refractivity contribution < 1.29 is 29.9 Å². The van der Waals surface area contributed by atoms with E-state index in [0.29, 0.717) is 13.0 Å². The van der Waals surface area contributed by atoms with Crippen molar-refractivity contribution in [2.75, 3.05) is 13.2 Å². The van der Waals surface area contributed by atoms with Crippen LogP contribution in [0.2, 0.25) is 0 Å². The van der Waals surface area contributed by atoms with Crippen LogP contribution in [0.5, 0.6) is 5.75 Å². The third kappa shape index (κ3) is 4.40. The highest BCUT2D eigenvalue weighted by atomic mass is 79.9. The van der Waals surface area contributed by atoms with Crippen molar-refractivity contribution in [3.63, 3.8) is 0 Å². The molecule has 0 bridgehead atoms. The van der Waals surface area contributed by atoms with E-state index in [0.717, 1.165) is 51.7 Å². The lowest BCUT2D eigenvalue weighted by atomic mass is 9.86. The molecule has 4 rings (SSSR count). The molecule has 1 aliphatic carbocycles. The molecule has 168 valence electrons. The summed E-state index contributed by atoms with van der Waals surface area (Å²) in [5.74, 6) is 0.835. The standard InChI is InChI=1S/C24H29BrO6/c1-2-30-15-8-6-13(7-9-15)10-14-11-18(16-4-3-5-17(16)20(14)25)24-23(29)22(28)21(27)19(12-26)31-24/h6-9,11,19,21-24,26-29H,2-5,10,12H2,1H3. The van der Waals surface area contributed by atoms with Gasteiger partial charge in [-0.25, -0.2) is 0 Å². The molecule has 1 saturated heterocycles. The number of hydrogen-bond acceptors (Lipinski definition) is 6. The van der Waals surface area contributed by atoms with Crippen molar-refractivity contribution >= 4 is 15.9 Å². The van der Waals surface area contributed by atoms with Crippen molar-refractivity contribution in [2.45, 2.75) is 63.1 Å². The molecule has 7 heteroatoms. The van der Waals surface area contributed by atoms with Gasteiger partial charge in [0.05, 0.1) is 13.2 Å². The van der Waals surface area contributed by atoms with Crippen molar-refractivity contribution in [3.8, 4) is 5.75 Å². The van der Waals surface area contributed by atoms with Crippen LogP contribution in [0.1, 0.15) is 47.3 Å². The SMILES string of the molecule is CCOc1ccc(Cc2cc(C3OC(CO)C(O)C(O)C3O)c3c(c2Br)CCC3)cc1. The maximum Gasteiger partial charge on any atom is 0.119 e. The van der Waals surface area contributed by atoms with E-state index >= 15 is 0 Å². The summed E-state index contributed by atoms with van der Waals surface area (Å²) in [6, 6.07) is 10.0. The zero-order chi connectivity index (χ0) is 22.1. The molecule has 5 atom stereocenters. The van der Waals surface area contributed by atoms with Crippen molar-refractivity contribution in [2.24, 2.45) is 0 Å². The largest absolute Gasteiger partial charge is 0.494 e. The predicted octanol–water partition coefficient (Wildman–Crippen LogP) is 2.44. The molecular weight excluding hydrogens is 464 g/mol. The highest BCUT2D eigenvalue weighted by molar-refractivity contribution is 9.10. The second-order valence-corrected chi connectivity index (χ2v) is 9.05. The van der Waals surface area contributed by atoms with Crippen LogP contribution in [0.15, 0.2) is 34.8 Å². The summed E-state index contributed by atoms with van der Waals surface area (Å²) in [7, 11) is 0.